The molecule has 112 valence electrons. The third kappa shape index (κ3) is 3.50. The minimum atomic E-state index is 0.308. The van der Waals surface area contributed by atoms with Gasteiger partial charge in [0.05, 0.1) is 0 Å². The largest absolute Gasteiger partial charge is 0.329 e. The van der Waals surface area contributed by atoms with Gasteiger partial charge in [-0.05, 0) is 70.7 Å². The normalized spacial score (nSPS) is 32.4. The minimum Gasteiger partial charge on any atom is -0.329 e. The molecule has 2 saturated heterocycles. The summed E-state index contributed by atoms with van der Waals surface area (Å²) in [5.74, 6) is 0.962. The topological polar surface area (TPSA) is 32.5 Å². The average molecular weight is 267 g/mol. The van der Waals surface area contributed by atoms with Crippen molar-refractivity contribution in [3.63, 3.8) is 0 Å². The lowest BCUT2D eigenvalue weighted by molar-refractivity contribution is 0.0425. The van der Waals surface area contributed by atoms with Gasteiger partial charge in [0, 0.05) is 12.1 Å². The molecule has 2 aliphatic heterocycles. The van der Waals surface area contributed by atoms with Crippen LogP contribution in [-0.2, 0) is 0 Å². The summed E-state index contributed by atoms with van der Waals surface area (Å²) < 4.78 is 0. The van der Waals surface area contributed by atoms with Gasteiger partial charge in [0.2, 0.25) is 0 Å². The second-order valence-electron chi connectivity index (χ2n) is 6.55. The molecule has 0 aromatic carbocycles. The highest BCUT2D eigenvalue weighted by molar-refractivity contribution is 4.96. The van der Waals surface area contributed by atoms with Crippen LogP contribution in [0.1, 0.15) is 52.4 Å². The Balaban J connectivity index is 1.97. The van der Waals surface area contributed by atoms with E-state index in [4.69, 9.17) is 5.73 Å². The summed E-state index contributed by atoms with van der Waals surface area (Å²) in [4.78, 5) is 5.34. The van der Waals surface area contributed by atoms with Crippen LogP contribution < -0.4 is 5.73 Å². The number of nitrogens with zero attached hydrogens (tertiary/aromatic N) is 2. The van der Waals surface area contributed by atoms with E-state index in [2.05, 4.69) is 23.6 Å². The minimum absolute atomic E-state index is 0.308. The lowest BCUT2D eigenvalue weighted by atomic mass is 9.84. The molecule has 2 fully saturated rings. The number of rotatable bonds is 4. The van der Waals surface area contributed by atoms with Crippen LogP contribution in [0, 0.1) is 5.92 Å². The maximum Gasteiger partial charge on any atom is 0.0344 e. The number of nitrogens with two attached hydrogens (primary N) is 1. The molecular formula is C16H33N3. The van der Waals surface area contributed by atoms with Gasteiger partial charge in [-0.1, -0.05) is 20.3 Å². The molecule has 2 aliphatic rings. The fraction of sp³-hybridized carbons (Fsp3) is 1.00. The van der Waals surface area contributed by atoms with E-state index in [1.807, 2.05) is 0 Å². The first-order chi connectivity index (χ1) is 9.24. The first-order valence-electron chi connectivity index (χ1n) is 8.41. The smallest absolute Gasteiger partial charge is 0.0344 e. The van der Waals surface area contributed by atoms with Gasteiger partial charge in [-0.2, -0.15) is 0 Å². The number of hydrogen-bond acceptors (Lipinski definition) is 3. The molecule has 1 unspecified atom stereocenters. The molecular weight excluding hydrogens is 234 g/mol. The molecule has 0 aliphatic carbocycles. The Morgan fingerprint density at radius 2 is 1.79 bits per heavy atom. The van der Waals surface area contributed by atoms with Gasteiger partial charge in [0.15, 0.2) is 0 Å². The fourth-order valence-electron chi connectivity index (χ4n) is 4.02. The summed E-state index contributed by atoms with van der Waals surface area (Å²) in [7, 11) is 0. The Bertz CT molecular complexity index is 261. The van der Waals surface area contributed by atoms with E-state index in [-0.39, 0.29) is 0 Å². The third-order valence-corrected chi connectivity index (χ3v) is 5.70. The summed E-state index contributed by atoms with van der Waals surface area (Å²) >= 11 is 0. The van der Waals surface area contributed by atoms with E-state index in [1.54, 1.807) is 0 Å². The molecule has 0 amide bonds. The highest BCUT2D eigenvalue weighted by Crippen LogP contribution is 2.32. The maximum atomic E-state index is 6.23. The van der Waals surface area contributed by atoms with Crippen molar-refractivity contribution in [3.05, 3.63) is 0 Å². The molecule has 3 heteroatoms. The van der Waals surface area contributed by atoms with E-state index in [0.29, 0.717) is 5.54 Å². The summed E-state index contributed by atoms with van der Waals surface area (Å²) in [5, 5.41) is 0. The van der Waals surface area contributed by atoms with Gasteiger partial charge in [-0.3, -0.25) is 4.90 Å². The van der Waals surface area contributed by atoms with Gasteiger partial charge in [-0.25, -0.2) is 0 Å². The molecule has 0 spiro atoms. The molecule has 2 N–H and O–H groups in total. The van der Waals surface area contributed by atoms with Crippen LogP contribution in [0.2, 0.25) is 0 Å². The van der Waals surface area contributed by atoms with E-state index in [0.717, 1.165) is 12.5 Å². The molecule has 0 aromatic rings. The van der Waals surface area contributed by atoms with Gasteiger partial charge in [0.1, 0.15) is 0 Å². The Morgan fingerprint density at radius 3 is 2.37 bits per heavy atom. The molecule has 3 nitrogen and oxygen atoms in total. The first-order valence-corrected chi connectivity index (χ1v) is 8.41. The SMILES string of the molecule is CCC1CCN(C2(CN)CCCN(CC)CC2)CC1. The van der Waals surface area contributed by atoms with E-state index >= 15 is 0 Å². The van der Waals surface area contributed by atoms with E-state index < -0.39 is 0 Å². The second-order valence-corrected chi connectivity index (χ2v) is 6.55. The molecule has 2 rings (SSSR count). The van der Waals surface area contributed by atoms with Crippen LogP contribution in [0.3, 0.4) is 0 Å². The fourth-order valence-corrected chi connectivity index (χ4v) is 4.02. The molecule has 1 atom stereocenters. The predicted molar refractivity (Wildman–Crippen MR) is 82.3 cm³/mol. The lowest BCUT2D eigenvalue weighted by Gasteiger charge is -2.46. The molecule has 0 saturated carbocycles. The summed E-state index contributed by atoms with van der Waals surface area (Å²) in [6.45, 7) is 11.7. The van der Waals surface area contributed by atoms with Crippen molar-refractivity contribution >= 4 is 0 Å². The highest BCUT2D eigenvalue weighted by Gasteiger charge is 2.38. The van der Waals surface area contributed by atoms with Crippen molar-refractivity contribution in [3.8, 4) is 0 Å². The van der Waals surface area contributed by atoms with Gasteiger partial charge in [-0.15, -0.1) is 0 Å². The zero-order valence-electron chi connectivity index (χ0n) is 13.0. The van der Waals surface area contributed by atoms with Crippen LogP contribution in [0.5, 0.6) is 0 Å². The van der Waals surface area contributed by atoms with Gasteiger partial charge in [0.25, 0.3) is 0 Å². The predicted octanol–water partition coefficient (Wildman–Crippen LogP) is 2.31. The van der Waals surface area contributed by atoms with Gasteiger partial charge < -0.3 is 10.6 Å². The monoisotopic (exact) mass is 267 g/mol. The Labute approximate surface area is 119 Å². The van der Waals surface area contributed by atoms with Crippen LogP contribution in [0.25, 0.3) is 0 Å². The van der Waals surface area contributed by atoms with Crippen LogP contribution in [-0.4, -0.2) is 54.6 Å². The van der Waals surface area contributed by atoms with Crippen molar-refractivity contribution in [1.29, 1.82) is 0 Å². The van der Waals surface area contributed by atoms with Crippen LogP contribution in [0.15, 0.2) is 0 Å². The number of piperidine rings is 1. The number of hydrogen-bond donors (Lipinski definition) is 1. The zero-order valence-corrected chi connectivity index (χ0v) is 13.0. The first kappa shape index (κ1) is 15.3. The second kappa shape index (κ2) is 7.05. The van der Waals surface area contributed by atoms with E-state index in [9.17, 15) is 0 Å². The van der Waals surface area contributed by atoms with Crippen molar-refractivity contribution in [2.75, 3.05) is 39.3 Å². The Morgan fingerprint density at radius 1 is 1.05 bits per heavy atom. The number of likely N-dealkylation sites (tertiary alicyclic amines) is 2. The zero-order chi connectivity index (χ0) is 13.7. The van der Waals surface area contributed by atoms with Gasteiger partial charge >= 0.3 is 0 Å². The van der Waals surface area contributed by atoms with Crippen molar-refractivity contribution in [1.82, 2.24) is 9.80 Å². The quantitative estimate of drug-likeness (QED) is 0.848. The van der Waals surface area contributed by atoms with Crippen molar-refractivity contribution < 1.29 is 0 Å². The Kier molecular flexibility index (Phi) is 5.67. The van der Waals surface area contributed by atoms with E-state index in [1.165, 1.54) is 71.2 Å². The van der Waals surface area contributed by atoms with Crippen molar-refractivity contribution in [2.24, 2.45) is 11.7 Å². The summed E-state index contributed by atoms with van der Waals surface area (Å²) in [6, 6.07) is 0. The summed E-state index contributed by atoms with van der Waals surface area (Å²) in [5.41, 5.74) is 6.54. The highest BCUT2D eigenvalue weighted by atomic mass is 15.2. The molecule has 0 bridgehead atoms. The molecule has 2 heterocycles. The molecule has 19 heavy (non-hydrogen) atoms. The van der Waals surface area contributed by atoms with Crippen LogP contribution >= 0.6 is 0 Å². The average Bonchev–Trinajstić information content (AvgIpc) is 2.70. The van der Waals surface area contributed by atoms with Crippen LogP contribution in [0.4, 0.5) is 0 Å². The summed E-state index contributed by atoms with van der Waals surface area (Å²) in [6.07, 6.45) is 8.02. The molecule has 0 radical (unpaired) electrons. The van der Waals surface area contributed by atoms with Crippen molar-refractivity contribution in [2.45, 2.75) is 57.9 Å². The lowest BCUT2D eigenvalue weighted by Crippen LogP contribution is -2.56. The standard InChI is InChI=1S/C16H33N3/c1-3-15-6-11-19(12-7-15)16(14-17)8-5-10-18(4-2)13-9-16/h15H,3-14,17H2,1-2H3. The maximum absolute atomic E-state index is 6.23. The Hall–Kier alpha value is -0.120. The third-order valence-electron chi connectivity index (χ3n) is 5.70. The molecule has 0 aromatic heterocycles.